The summed E-state index contributed by atoms with van der Waals surface area (Å²) in [6, 6.07) is 20.1. The van der Waals surface area contributed by atoms with E-state index in [1.165, 1.54) is 30.6 Å². The lowest BCUT2D eigenvalue weighted by Crippen LogP contribution is -2.27. The van der Waals surface area contributed by atoms with Gasteiger partial charge >= 0.3 is 0 Å². The van der Waals surface area contributed by atoms with Gasteiger partial charge in [0.2, 0.25) is 0 Å². The third-order valence-corrected chi connectivity index (χ3v) is 6.72. The van der Waals surface area contributed by atoms with Gasteiger partial charge in [-0.15, -0.1) is 0 Å². The van der Waals surface area contributed by atoms with E-state index in [4.69, 9.17) is 9.47 Å². The fourth-order valence-electron chi connectivity index (χ4n) is 3.09. The topological polar surface area (TPSA) is 84.9 Å². The minimum atomic E-state index is -3.74. The van der Waals surface area contributed by atoms with Crippen LogP contribution in [0, 0.1) is 0 Å². The molecule has 0 heterocycles. The van der Waals surface area contributed by atoms with Crippen molar-refractivity contribution in [2.24, 2.45) is 0 Å². The molecule has 0 aliphatic rings. The molecule has 1 N–H and O–H groups in total. The van der Waals surface area contributed by atoms with Crippen molar-refractivity contribution in [3.8, 4) is 11.5 Å². The first kappa shape index (κ1) is 23.1. The van der Waals surface area contributed by atoms with Gasteiger partial charge in [0.15, 0.2) is 0 Å². The Hall–Kier alpha value is -3.52. The fraction of sp³-hybridized carbons (Fsp3) is 0.208. The Morgan fingerprint density at radius 2 is 1.62 bits per heavy atom. The number of nitrogens with zero attached hydrogens (tertiary/aromatic N) is 1. The fourth-order valence-corrected chi connectivity index (χ4v) is 4.29. The van der Waals surface area contributed by atoms with E-state index in [1.807, 2.05) is 31.2 Å². The van der Waals surface area contributed by atoms with Gasteiger partial charge in [-0.05, 0) is 61.5 Å². The smallest absolute Gasteiger partial charge is 0.264 e. The molecule has 0 spiro atoms. The number of ether oxygens (including phenoxy) is 2. The number of anilines is 1. The van der Waals surface area contributed by atoms with Crippen LogP contribution >= 0.6 is 0 Å². The van der Waals surface area contributed by atoms with Crippen LogP contribution in [-0.4, -0.2) is 35.1 Å². The first-order valence-electron chi connectivity index (χ1n) is 10.1. The highest BCUT2D eigenvalue weighted by atomic mass is 32.2. The van der Waals surface area contributed by atoms with E-state index >= 15 is 0 Å². The molecule has 0 atom stereocenters. The normalized spacial score (nSPS) is 11.0. The molecule has 0 saturated carbocycles. The van der Waals surface area contributed by atoms with Gasteiger partial charge < -0.3 is 14.8 Å². The molecule has 0 fully saturated rings. The number of methoxy groups -OCH3 is 1. The lowest BCUT2D eigenvalue weighted by atomic mass is 10.1. The summed E-state index contributed by atoms with van der Waals surface area (Å²) in [5, 5.41) is 2.87. The molecule has 32 heavy (non-hydrogen) atoms. The van der Waals surface area contributed by atoms with Gasteiger partial charge in [-0.3, -0.25) is 9.10 Å². The van der Waals surface area contributed by atoms with Gasteiger partial charge in [0.05, 0.1) is 24.3 Å². The highest BCUT2D eigenvalue weighted by Crippen LogP contribution is 2.24. The molecular weight excluding hydrogens is 428 g/mol. The number of hydrogen-bond acceptors (Lipinski definition) is 5. The van der Waals surface area contributed by atoms with Crippen molar-refractivity contribution in [3.05, 3.63) is 83.9 Å². The third-order valence-electron chi connectivity index (χ3n) is 4.92. The average molecular weight is 455 g/mol. The maximum atomic E-state index is 12.9. The minimum absolute atomic E-state index is 0.149. The number of carbonyl (C=O) groups excluding carboxylic acids is 1. The molecule has 0 bridgehead atoms. The lowest BCUT2D eigenvalue weighted by molar-refractivity contribution is 0.0950. The molecule has 3 aromatic carbocycles. The highest BCUT2D eigenvalue weighted by molar-refractivity contribution is 7.92. The molecule has 3 rings (SSSR count). The van der Waals surface area contributed by atoms with E-state index in [0.717, 1.165) is 11.3 Å². The van der Waals surface area contributed by atoms with Crippen LogP contribution in [0.5, 0.6) is 11.5 Å². The monoisotopic (exact) mass is 454 g/mol. The second kappa shape index (κ2) is 10.2. The Kier molecular flexibility index (Phi) is 7.37. The van der Waals surface area contributed by atoms with Crippen molar-refractivity contribution < 1.29 is 22.7 Å². The Morgan fingerprint density at radius 1 is 0.969 bits per heavy atom. The number of benzene rings is 3. The first-order valence-corrected chi connectivity index (χ1v) is 11.5. The van der Waals surface area contributed by atoms with Crippen LogP contribution in [0.2, 0.25) is 0 Å². The maximum Gasteiger partial charge on any atom is 0.264 e. The van der Waals surface area contributed by atoms with Crippen molar-refractivity contribution >= 4 is 21.6 Å². The van der Waals surface area contributed by atoms with Gasteiger partial charge in [0.25, 0.3) is 15.9 Å². The standard InChI is InChI=1S/C24H26N2O5S/c1-4-31-23-8-6-5-7-19(23)17-25-24(27)18-9-11-20(12-10-18)26(2)32(28,29)22-15-13-21(30-3)14-16-22/h5-16H,4,17H2,1-3H3,(H,25,27). The van der Waals surface area contributed by atoms with Crippen LogP contribution < -0.4 is 19.1 Å². The van der Waals surface area contributed by atoms with Crippen LogP contribution in [0.3, 0.4) is 0 Å². The molecular formula is C24H26N2O5S. The third kappa shape index (κ3) is 5.20. The van der Waals surface area contributed by atoms with E-state index < -0.39 is 10.0 Å². The van der Waals surface area contributed by atoms with Gasteiger partial charge in [0.1, 0.15) is 11.5 Å². The van der Waals surface area contributed by atoms with E-state index in [1.54, 1.807) is 36.4 Å². The van der Waals surface area contributed by atoms with Gasteiger partial charge in [-0.1, -0.05) is 18.2 Å². The van der Waals surface area contributed by atoms with Crippen molar-refractivity contribution in [1.82, 2.24) is 5.32 Å². The SMILES string of the molecule is CCOc1ccccc1CNC(=O)c1ccc(N(C)S(=O)(=O)c2ccc(OC)cc2)cc1. The predicted octanol–water partition coefficient (Wildman–Crippen LogP) is 3.85. The van der Waals surface area contributed by atoms with Crippen LogP contribution in [0.1, 0.15) is 22.8 Å². The molecule has 0 saturated heterocycles. The summed E-state index contributed by atoms with van der Waals surface area (Å²) < 4.78 is 37.6. The number of nitrogens with one attached hydrogen (secondary N) is 1. The largest absolute Gasteiger partial charge is 0.497 e. The quantitative estimate of drug-likeness (QED) is 0.531. The molecule has 3 aromatic rings. The maximum absolute atomic E-state index is 12.9. The number of carbonyl (C=O) groups is 1. The zero-order chi connectivity index (χ0) is 23.1. The van der Waals surface area contributed by atoms with Gasteiger partial charge in [-0.2, -0.15) is 0 Å². The summed E-state index contributed by atoms with van der Waals surface area (Å²) >= 11 is 0. The Balaban J connectivity index is 1.69. The minimum Gasteiger partial charge on any atom is -0.497 e. The van der Waals surface area contributed by atoms with Gasteiger partial charge in [0, 0.05) is 24.7 Å². The molecule has 0 unspecified atom stereocenters. The molecule has 8 heteroatoms. The Bertz CT molecular complexity index is 1160. The molecule has 168 valence electrons. The predicted molar refractivity (Wildman–Crippen MR) is 124 cm³/mol. The van der Waals surface area contributed by atoms with Crippen LogP contribution in [0.4, 0.5) is 5.69 Å². The van der Waals surface area contributed by atoms with Crippen LogP contribution in [-0.2, 0) is 16.6 Å². The first-order chi connectivity index (χ1) is 15.4. The molecule has 0 aliphatic carbocycles. The zero-order valence-electron chi connectivity index (χ0n) is 18.2. The second-order valence-electron chi connectivity index (χ2n) is 6.92. The van der Waals surface area contributed by atoms with Crippen LogP contribution in [0.25, 0.3) is 0 Å². The van der Waals surface area contributed by atoms with Gasteiger partial charge in [-0.25, -0.2) is 8.42 Å². The average Bonchev–Trinajstić information content (AvgIpc) is 2.83. The zero-order valence-corrected chi connectivity index (χ0v) is 19.1. The summed E-state index contributed by atoms with van der Waals surface area (Å²) in [6.07, 6.45) is 0. The summed E-state index contributed by atoms with van der Waals surface area (Å²) in [4.78, 5) is 12.7. The van der Waals surface area contributed by atoms with Crippen molar-refractivity contribution in [3.63, 3.8) is 0 Å². The number of rotatable bonds is 9. The summed E-state index contributed by atoms with van der Waals surface area (Å²) in [5.74, 6) is 1.05. The molecule has 0 radical (unpaired) electrons. The van der Waals surface area contributed by atoms with Crippen molar-refractivity contribution in [1.29, 1.82) is 0 Å². The number of amides is 1. The lowest BCUT2D eigenvalue weighted by Gasteiger charge is -2.20. The summed E-state index contributed by atoms with van der Waals surface area (Å²) in [6.45, 7) is 2.77. The highest BCUT2D eigenvalue weighted by Gasteiger charge is 2.21. The second-order valence-corrected chi connectivity index (χ2v) is 8.89. The molecule has 1 amide bonds. The Labute approximate surface area is 188 Å². The Morgan fingerprint density at radius 3 is 2.25 bits per heavy atom. The molecule has 0 aliphatic heterocycles. The number of sulfonamides is 1. The van der Waals surface area contributed by atoms with Crippen molar-refractivity contribution in [2.45, 2.75) is 18.4 Å². The van der Waals surface area contributed by atoms with Crippen LogP contribution in [0.15, 0.2) is 77.7 Å². The number of para-hydroxylation sites is 1. The van der Waals surface area contributed by atoms with Crippen molar-refractivity contribution in [2.75, 3.05) is 25.1 Å². The molecule has 7 nitrogen and oxygen atoms in total. The van der Waals surface area contributed by atoms with E-state index in [2.05, 4.69) is 5.32 Å². The van der Waals surface area contributed by atoms with E-state index in [-0.39, 0.29) is 10.8 Å². The summed E-state index contributed by atoms with van der Waals surface area (Å²) in [7, 11) is -0.753. The number of hydrogen-bond donors (Lipinski definition) is 1. The van der Waals surface area contributed by atoms with E-state index in [0.29, 0.717) is 30.2 Å². The summed E-state index contributed by atoms with van der Waals surface area (Å²) in [5.41, 5.74) is 1.75. The van der Waals surface area contributed by atoms with E-state index in [9.17, 15) is 13.2 Å². The molecule has 0 aromatic heterocycles.